The van der Waals surface area contributed by atoms with Crippen molar-refractivity contribution in [2.45, 2.75) is 6.61 Å². The minimum absolute atomic E-state index is 0.0254. The van der Waals surface area contributed by atoms with Crippen molar-refractivity contribution in [2.24, 2.45) is 0 Å². The molecule has 0 saturated carbocycles. The zero-order chi connectivity index (χ0) is 15.7. The topological polar surface area (TPSA) is 46.3 Å². The van der Waals surface area contributed by atoms with E-state index in [1.165, 1.54) is 12.1 Å². The molecular weight excluding hydrogens is 356 g/mol. The zero-order valence-electron chi connectivity index (χ0n) is 11.2. The molecule has 6 heteroatoms. The van der Waals surface area contributed by atoms with Crippen LogP contribution in [-0.2, 0) is 6.61 Å². The lowest BCUT2D eigenvalue weighted by molar-refractivity contribution is 0.281. The van der Waals surface area contributed by atoms with E-state index in [-0.39, 0.29) is 11.3 Å². The Morgan fingerprint density at radius 3 is 2.50 bits per heavy atom. The molecule has 0 fully saturated rings. The van der Waals surface area contributed by atoms with Crippen molar-refractivity contribution < 1.29 is 18.4 Å². The van der Waals surface area contributed by atoms with Crippen LogP contribution in [-0.4, -0.2) is 10.3 Å². The van der Waals surface area contributed by atoms with Gasteiger partial charge >= 0.3 is 0 Å². The van der Waals surface area contributed by atoms with Crippen LogP contribution in [0.4, 0.5) is 8.78 Å². The van der Waals surface area contributed by atoms with Crippen LogP contribution < -0.4 is 0 Å². The maximum absolute atomic E-state index is 13.9. The highest BCUT2D eigenvalue weighted by Gasteiger charge is 2.22. The first-order valence-electron chi connectivity index (χ1n) is 6.41. The summed E-state index contributed by atoms with van der Waals surface area (Å²) >= 11 is 3.33. The predicted molar refractivity (Wildman–Crippen MR) is 80.9 cm³/mol. The summed E-state index contributed by atoms with van der Waals surface area (Å²) in [4.78, 5) is 0. The summed E-state index contributed by atoms with van der Waals surface area (Å²) in [5.74, 6) is -1.99. The first-order valence-corrected chi connectivity index (χ1v) is 7.21. The fourth-order valence-electron chi connectivity index (χ4n) is 2.18. The third kappa shape index (κ3) is 2.55. The van der Waals surface area contributed by atoms with E-state index in [9.17, 15) is 13.9 Å². The molecular formula is C16H10BrF2NO2. The molecule has 1 heterocycles. The van der Waals surface area contributed by atoms with Gasteiger partial charge in [0.1, 0.15) is 5.69 Å². The molecule has 22 heavy (non-hydrogen) atoms. The third-order valence-electron chi connectivity index (χ3n) is 3.26. The Bertz CT molecular complexity index is 816. The van der Waals surface area contributed by atoms with Gasteiger partial charge in [-0.05, 0) is 24.3 Å². The number of benzene rings is 2. The van der Waals surface area contributed by atoms with Crippen molar-refractivity contribution in [1.29, 1.82) is 0 Å². The molecule has 0 unspecified atom stereocenters. The van der Waals surface area contributed by atoms with Crippen LogP contribution in [0.15, 0.2) is 51.5 Å². The molecule has 0 aliphatic rings. The summed E-state index contributed by atoms with van der Waals surface area (Å²) in [6.07, 6.45) is 0. The summed E-state index contributed by atoms with van der Waals surface area (Å²) in [6.45, 7) is -0.403. The molecule has 0 spiro atoms. The second-order valence-corrected chi connectivity index (χ2v) is 5.52. The van der Waals surface area contributed by atoms with Crippen molar-refractivity contribution in [2.75, 3.05) is 0 Å². The number of aliphatic hydroxyl groups excluding tert-OH is 1. The number of halogens is 3. The summed E-state index contributed by atoms with van der Waals surface area (Å²) < 4.78 is 33.3. The molecule has 3 nitrogen and oxygen atoms in total. The lowest BCUT2D eigenvalue weighted by Gasteiger charge is -2.03. The maximum atomic E-state index is 13.9. The van der Waals surface area contributed by atoms with Crippen LogP contribution in [0.2, 0.25) is 0 Å². The quantitative estimate of drug-likeness (QED) is 0.740. The normalized spacial score (nSPS) is 10.9. The molecule has 0 bridgehead atoms. The molecule has 1 aromatic heterocycles. The van der Waals surface area contributed by atoms with E-state index in [2.05, 4.69) is 21.1 Å². The van der Waals surface area contributed by atoms with Crippen LogP contribution in [0.1, 0.15) is 5.56 Å². The number of aromatic nitrogens is 1. The number of aliphatic hydroxyl groups is 1. The first-order chi connectivity index (χ1) is 10.6. The summed E-state index contributed by atoms with van der Waals surface area (Å²) in [5, 5.41) is 13.5. The fourth-order valence-corrected chi connectivity index (χ4v) is 2.45. The van der Waals surface area contributed by atoms with Gasteiger partial charge < -0.3 is 9.63 Å². The highest BCUT2D eigenvalue weighted by Crippen LogP contribution is 2.34. The molecule has 1 N–H and O–H groups in total. The molecule has 0 aliphatic carbocycles. The minimum Gasteiger partial charge on any atom is -0.391 e. The van der Waals surface area contributed by atoms with Crippen molar-refractivity contribution in [1.82, 2.24) is 5.16 Å². The molecule has 3 rings (SSSR count). The second-order valence-electron chi connectivity index (χ2n) is 4.61. The van der Waals surface area contributed by atoms with Gasteiger partial charge in [-0.1, -0.05) is 39.3 Å². The average molecular weight is 366 g/mol. The van der Waals surface area contributed by atoms with Crippen LogP contribution in [0, 0.1) is 11.6 Å². The maximum Gasteiger partial charge on any atom is 0.176 e. The molecule has 3 aromatic rings. The Hall–Kier alpha value is -2.05. The van der Waals surface area contributed by atoms with E-state index in [1.54, 1.807) is 12.1 Å². The van der Waals surface area contributed by atoms with Gasteiger partial charge in [0, 0.05) is 10.0 Å². The van der Waals surface area contributed by atoms with Gasteiger partial charge in [-0.15, -0.1) is 0 Å². The smallest absolute Gasteiger partial charge is 0.176 e. The molecule has 0 aliphatic heterocycles. The van der Waals surface area contributed by atoms with Crippen LogP contribution in [0.5, 0.6) is 0 Å². The van der Waals surface area contributed by atoms with Gasteiger partial charge in [0.25, 0.3) is 0 Å². The van der Waals surface area contributed by atoms with E-state index >= 15 is 0 Å². The van der Waals surface area contributed by atoms with E-state index in [0.717, 1.165) is 10.5 Å². The van der Waals surface area contributed by atoms with Gasteiger partial charge in [-0.25, -0.2) is 8.78 Å². The Kier molecular flexibility index (Phi) is 4.04. The Morgan fingerprint density at radius 1 is 1.09 bits per heavy atom. The number of rotatable bonds is 3. The number of hydrogen-bond acceptors (Lipinski definition) is 3. The standard InChI is InChI=1S/C16H10BrF2NO2/c17-10-6-4-9(5-7-10)15-12(8-21)16(22-20-15)11-2-1-3-13(18)14(11)19/h1-7,21H,8H2. The van der Waals surface area contributed by atoms with Crippen molar-refractivity contribution in [3.63, 3.8) is 0 Å². The summed E-state index contributed by atoms with van der Waals surface area (Å²) in [5.41, 5.74) is 1.35. The lowest BCUT2D eigenvalue weighted by Crippen LogP contribution is -1.93. The molecule has 0 saturated heterocycles. The number of hydrogen-bond donors (Lipinski definition) is 1. The predicted octanol–water partition coefficient (Wildman–Crippen LogP) is 4.54. The zero-order valence-corrected chi connectivity index (χ0v) is 12.8. The largest absolute Gasteiger partial charge is 0.391 e. The van der Waals surface area contributed by atoms with Crippen LogP contribution in [0.25, 0.3) is 22.6 Å². The molecule has 112 valence electrons. The third-order valence-corrected chi connectivity index (χ3v) is 3.79. The molecule has 0 atom stereocenters. The van der Waals surface area contributed by atoms with E-state index < -0.39 is 18.2 Å². The van der Waals surface area contributed by atoms with Crippen LogP contribution in [0.3, 0.4) is 0 Å². The van der Waals surface area contributed by atoms with Crippen molar-refractivity contribution in [3.05, 3.63) is 64.1 Å². The van der Waals surface area contributed by atoms with Gasteiger partial charge in [0.2, 0.25) is 0 Å². The monoisotopic (exact) mass is 365 g/mol. The van der Waals surface area contributed by atoms with Crippen molar-refractivity contribution in [3.8, 4) is 22.6 Å². The SMILES string of the molecule is OCc1c(-c2ccc(Br)cc2)noc1-c1cccc(F)c1F. The van der Waals surface area contributed by atoms with Crippen LogP contribution >= 0.6 is 15.9 Å². The summed E-state index contributed by atoms with van der Waals surface area (Å²) in [7, 11) is 0. The Labute approximate surface area is 133 Å². The Balaban J connectivity index is 2.15. The summed E-state index contributed by atoms with van der Waals surface area (Å²) in [6, 6.07) is 11.0. The highest BCUT2D eigenvalue weighted by molar-refractivity contribution is 9.10. The van der Waals surface area contributed by atoms with Gasteiger partial charge in [0.15, 0.2) is 17.4 Å². The number of nitrogens with zero attached hydrogens (tertiary/aromatic N) is 1. The van der Waals surface area contributed by atoms with E-state index in [4.69, 9.17) is 4.52 Å². The van der Waals surface area contributed by atoms with E-state index in [1.807, 2.05) is 12.1 Å². The molecule has 0 amide bonds. The van der Waals surface area contributed by atoms with E-state index in [0.29, 0.717) is 16.8 Å². The minimum atomic E-state index is -1.03. The van der Waals surface area contributed by atoms with Gasteiger partial charge in [-0.3, -0.25) is 0 Å². The van der Waals surface area contributed by atoms with Gasteiger partial charge in [0.05, 0.1) is 17.7 Å². The molecule has 0 radical (unpaired) electrons. The average Bonchev–Trinajstić information content (AvgIpc) is 2.94. The van der Waals surface area contributed by atoms with Crippen molar-refractivity contribution >= 4 is 15.9 Å². The van der Waals surface area contributed by atoms with Gasteiger partial charge in [-0.2, -0.15) is 0 Å². The fraction of sp³-hybridized carbons (Fsp3) is 0.0625. The lowest BCUT2D eigenvalue weighted by atomic mass is 10.0. The second kappa shape index (κ2) is 5.98. The highest BCUT2D eigenvalue weighted by atomic mass is 79.9. The molecule has 2 aromatic carbocycles. The Morgan fingerprint density at radius 2 is 1.82 bits per heavy atom. The first kappa shape index (κ1) is 14.9.